The Kier molecular flexibility index (Phi) is 4.31. The summed E-state index contributed by atoms with van der Waals surface area (Å²) in [6.07, 6.45) is 3.99. The first kappa shape index (κ1) is 13.7. The van der Waals surface area contributed by atoms with Gasteiger partial charge < -0.3 is 10.3 Å². The summed E-state index contributed by atoms with van der Waals surface area (Å²) < 4.78 is 0. The minimum atomic E-state index is 0.535. The van der Waals surface area contributed by atoms with Gasteiger partial charge in [0.15, 0.2) is 0 Å². The summed E-state index contributed by atoms with van der Waals surface area (Å²) >= 11 is 0. The van der Waals surface area contributed by atoms with Crippen molar-refractivity contribution in [1.29, 1.82) is 0 Å². The van der Waals surface area contributed by atoms with Gasteiger partial charge in [0.05, 0.1) is 0 Å². The van der Waals surface area contributed by atoms with Crippen molar-refractivity contribution >= 4 is 5.69 Å². The van der Waals surface area contributed by atoms with Gasteiger partial charge in [0, 0.05) is 24.6 Å². The standard InChI is InChI=1S/C17H24N2/c1-12(2)15-5-6-17(16(9-15)13(3)4)19-11-14-7-8-18-10-14/h5-10,12-13,18-19H,11H2,1-4H3. The molecule has 2 nitrogen and oxygen atoms in total. The van der Waals surface area contributed by atoms with Crippen LogP contribution in [-0.2, 0) is 6.54 Å². The summed E-state index contributed by atoms with van der Waals surface area (Å²) in [7, 11) is 0. The zero-order valence-corrected chi connectivity index (χ0v) is 12.3. The van der Waals surface area contributed by atoms with E-state index in [2.05, 4.69) is 62.3 Å². The monoisotopic (exact) mass is 256 g/mol. The van der Waals surface area contributed by atoms with Crippen molar-refractivity contribution in [3.05, 3.63) is 53.3 Å². The maximum absolute atomic E-state index is 3.54. The number of hydrogen-bond donors (Lipinski definition) is 2. The third-order valence-electron chi connectivity index (χ3n) is 3.51. The molecule has 0 atom stereocenters. The highest BCUT2D eigenvalue weighted by Gasteiger charge is 2.09. The Morgan fingerprint density at radius 3 is 2.42 bits per heavy atom. The molecule has 0 aliphatic carbocycles. The zero-order valence-electron chi connectivity index (χ0n) is 12.3. The molecule has 0 radical (unpaired) electrons. The summed E-state index contributed by atoms with van der Waals surface area (Å²) in [6, 6.07) is 8.90. The van der Waals surface area contributed by atoms with Gasteiger partial charge in [0.25, 0.3) is 0 Å². The quantitative estimate of drug-likeness (QED) is 0.784. The molecule has 2 rings (SSSR count). The van der Waals surface area contributed by atoms with E-state index in [4.69, 9.17) is 0 Å². The largest absolute Gasteiger partial charge is 0.381 e. The fourth-order valence-corrected chi connectivity index (χ4v) is 2.24. The smallest absolute Gasteiger partial charge is 0.0415 e. The summed E-state index contributed by atoms with van der Waals surface area (Å²) in [5, 5.41) is 3.54. The van der Waals surface area contributed by atoms with Crippen molar-refractivity contribution in [3.63, 3.8) is 0 Å². The lowest BCUT2D eigenvalue weighted by Crippen LogP contribution is -2.04. The highest BCUT2D eigenvalue weighted by molar-refractivity contribution is 5.54. The molecule has 0 bridgehead atoms. The third kappa shape index (κ3) is 3.40. The van der Waals surface area contributed by atoms with Crippen LogP contribution in [0.25, 0.3) is 0 Å². The minimum Gasteiger partial charge on any atom is -0.381 e. The fourth-order valence-electron chi connectivity index (χ4n) is 2.24. The number of rotatable bonds is 5. The van der Waals surface area contributed by atoms with Gasteiger partial charge in [0.2, 0.25) is 0 Å². The number of hydrogen-bond acceptors (Lipinski definition) is 1. The molecule has 0 saturated heterocycles. The van der Waals surface area contributed by atoms with Crippen LogP contribution in [0.1, 0.15) is 56.2 Å². The third-order valence-corrected chi connectivity index (χ3v) is 3.51. The fraction of sp³-hybridized carbons (Fsp3) is 0.412. The number of anilines is 1. The Morgan fingerprint density at radius 2 is 1.84 bits per heavy atom. The minimum absolute atomic E-state index is 0.535. The van der Waals surface area contributed by atoms with Gasteiger partial charge >= 0.3 is 0 Å². The molecule has 19 heavy (non-hydrogen) atoms. The number of nitrogens with one attached hydrogen (secondary N) is 2. The van der Waals surface area contributed by atoms with E-state index in [0.717, 1.165) is 6.54 Å². The SMILES string of the molecule is CC(C)c1ccc(NCc2cc[nH]c2)c(C(C)C)c1. The maximum atomic E-state index is 3.54. The van der Waals surface area contributed by atoms with Crippen LogP contribution >= 0.6 is 0 Å². The molecular formula is C17H24N2. The Bertz CT molecular complexity index is 510. The zero-order chi connectivity index (χ0) is 13.8. The van der Waals surface area contributed by atoms with E-state index in [9.17, 15) is 0 Å². The second-order valence-electron chi connectivity index (χ2n) is 5.73. The van der Waals surface area contributed by atoms with Gasteiger partial charge in [-0.25, -0.2) is 0 Å². The number of H-pyrrole nitrogens is 1. The second kappa shape index (κ2) is 5.96. The first-order valence-electron chi connectivity index (χ1n) is 7.07. The average molecular weight is 256 g/mol. The van der Waals surface area contributed by atoms with Gasteiger partial charge in [0.1, 0.15) is 0 Å². The van der Waals surface area contributed by atoms with Crippen LogP contribution in [0.4, 0.5) is 5.69 Å². The molecule has 2 aromatic rings. The lowest BCUT2D eigenvalue weighted by Gasteiger charge is -2.17. The highest BCUT2D eigenvalue weighted by atomic mass is 14.9. The summed E-state index contributed by atoms with van der Waals surface area (Å²) in [4.78, 5) is 3.09. The first-order valence-corrected chi connectivity index (χ1v) is 7.07. The van der Waals surface area contributed by atoms with Crippen LogP contribution in [0.15, 0.2) is 36.7 Å². The van der Waals surface area contributed by atoms with E-state index in [1.54, 1.807) is 0 Å². The van der Waals surface area contributed by atoms with Gasteiger partial charge in [-0.2, -0.15) is 0 Å². The lowest BCUT2D eigenvalue weighted by molar-refractivity contribution is 0.833. The van der Waals surface area contributed by atoms with Gasteiger partial charge in [-0.05, 0) is 40.7 Å². The highest BCUT2D eigenvalue weighted by Crippen LogP contribution is 2.28. The van der Waals surface area contributed by atoms with E-state index >= 15 is 0 Å². The Labute approximate surface area is 116 Å². The van der Waals surface area contributed by atoms with E-state index < -0.39 is 0 Å². The van der Waals surface area contributed by atoms with Crippen molar-refractivity contribution in [2.75, 3.05) is 5.32 Å². The number of aromatic amines is 1. The predicted molar refractivity (Wildman–Crippen MR) is 82.7 cm³/mol. The Morgan fingerprint density at radius 1 is 1.05 bits per heavy atom. The maximum Gasteiger partial charge on any atom is 0.0415 e. The molecule has 0 unspecified atom stereocenters. The van der Waals surface area contributed by atoms with Crippen LogP contribution in [0.2, 0.25) is 0 Å². The topological polar surface area (TPSA) is 27.8 Å². The molecule has 0 saturated carbocycles. The van der Waals surface area contributed by atoms with E-state index in [0.29, 0.717) is 11.8 Å². The number of aromatic nitrogens is 1. The van der Waals surface area contributed by atoms with E-state index in [1.165, 1.54) is 22.4 Å². The van der Waals surface area contributed by atoms with Crippen molar-refractivity contribution in [1.82, 2.24) is 4.98 Å². The number of benzene rings is 1. The van der Waals surface area contributed by atoms with Crippen molar-refractivity contribution in [2.24, 2.45) is 0 Å². The molecule has 0 aliphatic rings. The molecule has 0 spiro atoms. The lowest BCUT2D eigenvalue weighted by atomic mass is 9.94. The molecular weight excluding hydrogens is 232 g/mol. The van der Waals surface area contributed by atoms with Gasteiger partial charge in [-0.3, -0.25) is 0 Å². The Balaban J connectivity index is 2.19. The van der Waals surface area contributed by atoms with E-state index in [-0.39, 0.29) is 0 Å². The Hall–Kier alpha value is -1.70. The van der Waals surface area contributed by atoms with Crippen molar-refractivity contribution < 1.29 is 0 Å². The van der Waals surface area contributed by atoms with E-state index in [1.807, 2.05) is 12.4 Å². The summed E-state index contributed by atoms with van der Waals surface area (Å²) in [5.41, 5.74) is 5.35. The van der Waals surface area contributed by atoms with Crippen molar-refractivity contribution in [3.8, 4) is 0 Å². The second-order valence-corrected chi connectivity index (χ2v) is 5.73. The molecule has 1 heterocycles. The molecule has 0 aliphatic heterocycles. The molecule has 0 fully saturated rings. The summed E-state index contributed by atoms with van der Waals surface area (Å²) in [6.45, 7) is 9.85. The molecule has 102 valence electrons. The molecule has 1 aromatic carbocycles. The summed E-state index contributed by atoms with van der Waals surface area (Å²) in [5.74, 6) is 1.11. The molecule has 2 N–H and O–H groups in total. The van der Waals surface area contributed by atoms with Crippen LogP contribution in [0.3, 0.4) is 0 Å². The van der Waals surface area contributed by atoms with Gasteiger partial charge in [-0.1, -0.05) is 39.8 Å². The predicted octanol–water partition coefficient (Wildman–Crippen LogP) is 4.87. The molecule has 0 amide bonds. The van der Waals surface area contributed by atoms with Crippen LogP contribution in [-0.4, -0.2) is 4.98 Å². The molecule has 2 heteroatoms. The van der Waals surface area contributed by atoms with Crippen molar-refractivity contribution in [2.45, 2.75) is 46.1 Å². The van der Waals surface area contributed by atoms with Crippen LogP contribution < -0.4 is 5.32 Å². The van der Waals surface area contributed by atoms with Crippen LogP contribution in [0.5, 0.6) is 0 Å². The van der Waals surface area contributed by atoms with Gasteiger partial charge in [-0.15, -0.1) is 0 Å². The first-order chi connectivity index (χ1) is 9.08. The molecule has 1 aromatic heterocycles. The normalized spacial score (nSPS) is 11.3. The van der Waals surface area contributed by atoms with Crippen LogP contribution in [0, 0.1) is 0 Å². The average Bonchev–Trinajstić information content (AvgIpc) is 2.89.